The summed E-state index contributed by atoms with van der Waals surface area (Å²) in [5, 5.41) is 9.57. The lowest BCUT2D eigenvalue weighted by molar-refractivity contribution is -0.119. The summed E-state index contributed by atoms with van der Waals surface area (Å²) < 4.78 is 0. The molecule has 1 rings (SSSR count). The zero-order chi connectivity index (χ0) is 9.84. The lowest BCUT2D eigenvalue weighted by Crippen LogP contribution is -2.15. The van der Waals surface area contributed by atoms with E-state index in [4.69, 9.17) is 5.73 Å². The Morgan fingerprint density at radius 3 is 2.69 bits per heavy atom. The Labute approximate surface area is 77.2 Å². The number of aryl methyl sites for hydroxylation is 1. The maximum absolute atomic E-state index is 10.6. The number of primary amides is 1. The molecule has 0 aliphatic rings. The van der Waals surface area contributed by atoms with Gasteiger partial charge in [-0.2, -0.15) is 0 Å². The van der Waals surface area contributed by atoms with E-state index >= 15 is 0 Å². The van der Waals surface area contributed by atoms with E-state index in [0.29, 0.717) is 0 Å². The second-order valence-corrected chi connectivity index (χ2v) is 3.04. The van der Waals surface area contributed by atoms with Gasteiger partial charge < -0.3 is 10.8 Å². The minimum atomic E-state index is -0.779. The van der Waals surface area contributed by atoms with E-state index < -0.39 is 12.0 Å². The van der Waals surface area contributed by atoms with Crippen LogP contribution in [0, 0.1) is 6.92 Å². The molecule has 0 fully saturated rings. The Bertz CT molecular complexity index is 310. The molecule has 13 heavy (non-hydrogen) atoms. The second-order valence-electron chi connectivity index (χ2n) is 3.04. The lowest BCUT2D eigenvalue weighted by atomic mass is 10.0. The summed E-state index contributed by atoms with van der Waals surface area (Å²) in [5.41, 5.74) is 6.72. The third-order valence-corrected chi connectivity index (χ3v) is 1.94. The van der Waals surface area contributed by atoms with Crippen molar-refractivity contribution in [2.24, 2.45) is 5.73 Å². The largest absolute Gasteiger partial charge is 0.388 e. The fourth-order valence-corrected chi connectivity index (χ4v) is 1.26. The van der Waals surface area contributed by atoms with Crippen molar-refractivity contribution < 1.29 is 9.90 Å². The molecule has 0 saturated heterocycles. The van der Waals surface area contributed by atoms with E-state index in [2.05, 4.69) is 0 Å². The van der Waals surface area contributed by atoms with Crippen molar-refractivity contribution in [1.82, 2.24) is 0 Å². The van der Waals surface area contributed by atoms with E-state index in [1.165, 1.54) is 0 Å². The van der Waals surface area contributed by atoms with Crippen molar-refractivity contribution in [2.75, 3.05) is 0 Å². The summed E-state index contributed by atoms with van der Waals surface area (Å²) in [6.45, 7) is 1.89. The van der Waals surface area contributed by atoms with E-state index in [-0.39, 0.29) is 6.42 Å². The highest BCUT2D eigenvalue weighted by atomic mass is 16.3. The van der Waals surface area contributed by atoms with Crippen molar-refractivity contribution in [2.45, 2.75) is 19.4 Å². The topological polar surface area (TPSA) is 63.3 Å². The van der Waals surface area contributed by atoms with Gasteiger partial charge in [0, 0.05) is 0 Å². The summed E-state index contributed by atoms with van der Waals surface area (Å²) in [6, 6.07) is 7.39. The maximum atomic E-state index is 10.6. The molecule has 70 valence electrons. The number of amides is 1. The number of carbonyl (C=O) groups is 1. The minimum absolute atomic E-state index is 0.0230. The molecule has 3 heteroatoms. The van der Waals surface area contributed by atoms with Gasteiger partial charge in [0.15, 0.2) is 0 Å². The molecular weight excluding hydrogens is 166 g/mol. The molecule has 1 atom stereocenters. The van der Waals surface area contributed by atoms with E-state index in [1.807, 2.05) is 25.1 Å². The average Bonchev–Trinajstić information content (AvgIpc) is 2.03. The van der Waals surface area contributed by atoms with Crippen LogP contribution in [0.25, 0.3) is 0 Å². The zero-order valence-corrected chi connectivity index (χ0v) is 7.53. The van der Waals surface area contributed by atoms with Crippen LogP contribution in [0.2, 0.25) is 0 Å². The molecule has 1 aromatic rings. The molecule has 0 aliphatic heterocycles. The Hall–Kier alpha value is -1.35. The first-order valence-corrected chi connectivity index (χ1v) is 4.13. The normalized spacial score (nSPS) is 12.5. The number of hydrogen-bond acceptors (Lipinski definition) is 2. The monoisotopic (exact) mass is 179 g/mol. The van der Waals surface area contributed by atoms with Gasteiger partial charge in [0.2, 0.25) is 5.91 Å². The lowest BCUT2D eigenvalue weighted by Gasteiger charge is -2.11. The summed E-state index contributed by atoms with van der Waals surface area (Å²) >= 11 is 0. The van der Waals surface area contributed by atoms with Crippen LogP contribution in [0.3, 0.4) is 0 Å². The fraction of sp³-hybridized carbons (Fsp3) is 0.300. The van der Waals surface area contributed by atoms with Crippen molar-refractivity contribution >= 4 is 5.91 Å². The molecule has 3 N–H and O–H groups in total. The Morgan fingerprint density at radius 1 is 1.54 bits per heavy atom. The van der Waals surface area contributed by atoms with E-state index in [9.17, 15) is 9.90 Å². The van der Waals surface area contributed by atoms with Gasteiger partial charge in [0.1, 0.15) is 0 Å². The Kier molecular flexibility index (Phi) is 3.03. The smallest absolute Gasteiger partial charge is 0.220 e. The van der Waals surface area contributed by atoms with Gasteiger partial charge in [-0.05, 0) is 18.1 Å². The first-order chi connectivity index (χ1) is 6.11. The molecule has 1 aromatic carbocycles. The number of rotatable bonds is 3. The van der Waals surface area contributed by atoms with Crippen LogP contribution in [0.15, 0.2) is 24.3 Å². The fourth-order valence-electron chi connectivity index (χ4n) is 1.26. The van der Waals surface area contributed by atoms with Gasteiger partial charge in [-0.3, -0.25) is 4.79 Å². The third-order valence-electron chi connectivity index (χ3n) is 1.94. The molecule has 3 nitrogen and oxygen atoms in total. The average molecular weight is 179 g/mol. The number of carbonyl (C=O) groups excluding carboxylic acids is 1. The third kappa shape index (κ3) is 2.56. The first kappa shape index (κ1) is 9.74. The number of aliphatic hydroxyl groups excluding tert-OH is 1. The molecular formula is C10H13NO2. The highest BCUT2D eigenvalue weighted by Gasteiger charge is 2.11. The molecule has 0 saturated carbocycles. The first-order valence-electron chi connectivity index (χ1n) is 4.13. The molecule has 1 unspecified atom stereocenters. The predicted octanol–water partition coefficient (Wildman–Crippen LogP) is 0.904. The highest BCUT2D eigenvalue weighted by Crippen LogP contribution is 2.19. The summed E-state index contributed by atoms with van der Waals surface area (Å²) in [6.07, 6.45) is -0.802. The zero-order valence-electron chi connectivity index (χ0n) is 7.53. The van der Waals surface area contributed by atoms with Crippen LogP contribution in [-0.4, -0.2) is 11.0 Å². The standard InChI is InChI=1S/C10H13NO2/c1-7-4-2-3-5-8(7)9(12)6-10(11)13/h2-5,9,12H,6H2,1H3,(H2,11,13). The summed E-state index contributed by atoms with van der Waals surface area (Å²) in [4.78, 5) is 10.6. The van der Waals surface area contributed by atoms with Crippen molar-refractivity contribution in [3.63, 3.8) is 0 Å². The SMILES string of the molecule is Cc1ccccc1C(O)CC(N)=O. The number of aliphatic hydroxyl groups is 1. The summed E-state index contributed by atoms with van der Waals surface area (Å²) in [5.74, 6) is -0.490. The van der Waals surface area contributed by atoms with Crippen LogP contribution in [0.5, 0.6) is 0 Å². The quantitative estimate of drug-likeness (QED) is 0.724. The molecule has 0 radical (unpaired) electrons. The van der Waals surface area contributed by atoms with Crippen molar-refractivity contribution in [1.29, 1.82) is 0 Å². The van der Waals surface area contributed by atoms with Crippen LogP contribution in [0.4, 0.5) is 0 Å². The Balaban J connectivity index is 2.82. The van der Waals surface area contributed by atoms with E-state index in [1.54, 1.807) is 6.07 Å². The van der Waals surface area contributed by atoms with Gasteiger partial charge in [-0.15, -0.1) is 0 Å². The molecule has 1 amide bonds. The van der Waals surface area contributed by atoms with Crippen molar-refractivity contribution in [3.05, 3.63) is 35.4 Å². The Morgan fingerprint density at radius 2 is 2.15 bits per heavy atom. The van der Waals surface area contributed by atoms with Gasteiger partial charge in [-0.1, -0.05) is 24.3 Å². The molecule has 0 bridgehead atoms. The maximum Gasteiger partial charge on any atom is 0.220 e. The van der Waals surface area contributed by atoms with Crippen LogP contribution < -0.4 is 5.73 Å². The number of benzene rings is 1. The molecule has 0 aliphatic carbocycles. The number of nitrogens with two attached hydrogens (primary N) is 1. The second kappa shape index (κ2) is 4.05. The van der Waals surface area contributed by atoms with Crippen molar-refractivity contribution in [3.8, 4) is 0 Å². The number of hydrogen-bond donors (Lipinski definition) is 2. The van der Waals surface area contributed by atoms with Gasteiger partial charge >= 0.3 is 0 Å². The molecule has 0 heterocycles. The molecule has 0 spiro atoms. The molecule has 0 aromatic heterocycles. The summed E-state index contributed by atoms with van der Waals surface area (Å²) in [7, 11) is 0. The minimum Gasteiger partial charge on any atom is -0.388 e. The van der Waals surface area contributed by atoms with Gasteiger partial charge in [0.05, 0.1) is 12.5 Å². The predicted molar refractivity (Wildman–Crippen MR) is 50.0 cm³/mol. The van der Waals surface area contributed by atoms with Crippen LogP contribution >= 0.6 is 0 Å². The van der Waals surface area contributed by atoms with E-state index in [0.717, 1.165) is 11.1 Å². The highest BCUT2D eigenvalue weighted by molar-refractivity contribution is 5.74. The van der Waals surface area contributed by atoms with Gasteiger partial charge in [0.25, 0.3) is 0 Å². The van der Waals surface area contributed by atoms with Crippen LogP contribution in [0.1, 0.15) is 23.7 Å². The van der Waals surface area contributed by atoms with Gasteiger partial charge in [-0.25, -0.2) is 0 Å². The van der Waals surface area contributed by atoms with Crippen LogP contribution in [-0.2, 0) is 4.79 Å².